The first-order valence-electron chi connectivity index (χ1n) is 5.84. The molecule has 0 atom stereocenters. The summed E-state index contributed by atoms with van der Waals surface area (Å²) in [6, 6.07) is 5.37. The molecule has 2 rings (SSSR count). The Morgan fingerprint density at radius 3 is 2.43 bits per heavy atom. The molecule has 0 saturated heterocycles. The molecule has 0 aliphatic rings. The average molecular weight is 315 g/mol. The van der Waals surface area contributed by atoms with Crippen LogP contribution in [-0.4, -0.2) is 5.91 Å². The maximum absolute atomic E-state index is 13.6. The summed E-state index contributed by atoms with van der Waals surface area (Å²) in [6.45, 7) is 0.0399. The summed E-state index contributed by atoms with van der Waals surface area (Å²) >= 11 is 5.70. The highest BCUT2D eigenvalue weighted by Gasteiger charge is 2.13. The molecular weight excluding hydrogens is 305 g/mol. The molecule has 0 saturated carbocycles. The van der Waals surface area contributed by atoms with Gasteiger partial charge in [-0.05, 0) is 29.8 Å². The SMILES string of the molecule is NC(=O)c1cc(NCc2cc(F)cc(Cl)c2)c(F)cc1F. The monoisotopic (exact) mass is 314 g/mol. The van der Waals surface area contributed by atoms with E-state index in [1.807, 2.05) is 0 Å². The predicted molar refractivity (Wildman–Crippen MR) is 73.6 cm³/mol. The Morgan fingerprint density at radius 2 is 1.81 bits per heavy atom. The lowest BCUT2D eigenvalue weighted by Crippen LogP contribution is -2.14. The van der Waals surface area contributed by atoms with Crippen LogP contribution >= 0.6 is 11.6 Å². The largest absolute Gasteiger partial charge is 0.379 e. The molecule has 0 bridgehead atoms. The van der Waals surface area contributed by atoms with Crippen LogP contribution in [0.4, 0.5) is 18.9 Å². The van der Waals surface area contributed by atoms with Crippen molar-refractivity contribution < 1.29 is 18.0 Å². The van der Waals surface area contributed by atoms with E-state index in [0.717, 1.165) is 12.1 Å². The van der Waals surface area contributed by atoms with E-state index in [1.54, 1.807) is 0 Å². The van der Waals surface area contributed by atoms with Crippen LogP contribution in [0.3, 0.4) is 0 Å². The first-order valence-corrected chi connectivity index (χ1v) is 6.22. The summed E-state index contributed by atoms with van der Waals surface area (Å²) in [6.07, 6.45) is 0. The molecule has 1 amide bonds. The molecule has 110 valence electrons. The standard InChI is InChI=1S/C14H10ClF3N2O/c15-8-1-7(2-9(16)3-8)6-20-13-4-10(14(19)21)11(17)5-12(13)18/h1-5,20H,6H2,(H2,19,21). The van der Waals surface area contributed by atoms with Gasteiger partial charge in [0.05, 0.1) is 11.3 Å². The van der Waals surface area contributed by atoms with Gasteiger partial charge in [-0.1, -0.05) is 11.6 Å². The highest BCUT2D eigenvalue weighted by molar-refractivity contribution is 6.30. The lowest BCUT2D eigenvalue weighted by Gasteiger charge is -2.10. The van der Waals surface area contributed by atoms with Gasteiger partial charge in [-0.15, -0.1) is 0 Å². The van der Waals surface area contributed by atoms with Crippen molar-refractivity contribution in [3.05, 3.63) is 63.9 Å². The van der Waals surface area contributed by atoms with Crippen molar-refractivity contribution in [2.24, 2.45) is 5.73 Å². The Hall–Kier alpha value is -2.21. The number of nitrogens with one attached hydrogen (secondary N) is 1. The second kappa shape index (κ2) is 6.05. The predicted octanol–water partition coefficient (Wildman–Crippen LogP) is 3.47. The number of carbonyl (C=O) groups excluding carboxylic acids is 1. The van der Waals surface area contributed by atoms with E-state index in [0.29, 0.717) is 11.6 Å². The first-order chi connectivity index (χ1) is 9.86. The van der Waals surface area contributed by atoms with Crippen LogP contribution in [0.1, 0.15) is 15.9 Å². The number of hydrogen-bond acceptors (Lipinski definition) is 2. The van der Waals surface area contributed by atoms with Crippen molar-refractivity contribution in [3.8, 4) is 0 Å². The van der Waals surface area contributed by atoms with Crippen LogP contribution in [0, 0.1) is 17.5 Å². The van der Waals surface area contributed by atoms with Crippen molar-refractivity contribution in [1.82, 2.24) is 0 Å². The van der Waals surface area contributed by atoms with Crippen LogP contribution in [0.15, 0.2) is 30.3 Å². The van der Waals surface area contributed by atoms with Gasteiger partial charge < -0.3 is 11.1 Å². The normalized spacial score (nSPS) is 10.5. The number of rotatable bonds is 4. The molecule has 0 aliphatic heterocycles. The molecule has 3 N–H and O–H groups in total. The Balaban J connectivity index is 2.23. The van der Waals surface area contributed by atoms with Gasteiger partial charge in [0.15, 0.2) is 0 Å². The number of primary amides is 1. The number of hydrogen-bond donors (Lipinski definition) is 2. The van der Waals surface area contributed by atoms with Crippen molar-refractivity contribution >= 4 is 23.2 Å². The zero-order chi connectivity index (χ0) is 15.6. The molecule has 0 spiro atoms. The van der Waals surface area contributed by atoms with Gasteiger partial charge >= 0.3 is 0 Å². The Kier molecular flexibility index (Phi) is 4.37. The number of nitrogens with two attached hydrogens (primary N) is 1. The van der Waals surface area contributed by atoms with Gasteiger partial charge in [0.1, 0.15) is 17.5 Å². The van der Waals surface area contributed by atoms with E-state index in [9.17, 15) is 18.0 Å². The van der Waals surface area contributed by atoms with E-state index in [4.69, 9.17) is 17.3 Å². The van der Waals surface area contributed by atoms with E-state index in [1.165, 1.54) is 12.1 Å². The maximum Gasteiger partial charge on any atom is 0.251 e. The van der Waals surface area contributed by atoms with E-state index < -0.39 is 28.9 Å². The van der Waals surface area contributed by atoms with Crippen molar-refractivity contribution in [1.29, 1.82) is 0 Å². The van der Waals surface area contributed by atoms with Gasteiger partial charge in [-0.25, -0.2) is 13.2 Å². The Morgan fingerprint density at radius 1 is 1.10 bits per heavy atom. The van der Waals surface area contributed by atoms with Crippen LogP contribution in [0.2, 0.25) is 5.02 Å². The van der Waals surface area contributed by atoms with E-state index in [-0.39, 0.29) is 17.3 Å². The third kappa shape index (κ3) is 3.66. The molecule has 3 nitrogen and oxygen atoms in total. The number of amides is 1. The number of carbonyl (C=O) groups is 1. The van der Waals surface area contributed by atoms with Crippen LogP contribution in [0.5, 0.6) is 0 Å². The maximum atomic E-state index is 13.6. The summed E-state index contributed by atoms with van der Waals surface area (Å²) in [5.74, 6) is -3.47. The smallest absolute Gasteiger partial charge is 0.251 e. The Labute approximate surface area is 123 Å². The molecule has 0 fully saturated rings. The summed E-state index contributed by atoms with van der Waals surface area (Å²) < 4.78 is 40.1. The second-order valence-corrected chi connectivity index (χ2v) is 4.74. The molecule has 21 heavy (non-hydrogen) atoms. The van der Waals surface area contributed by atoms with Gasteiger partial charge in [-0.3, -0.25) is 4.79 Å². The molecule has 0 radical (unpaired) electrons. The fraction of sp³-hybridized carbons (Fsp3) is 0.0714. The highest BCUT2D eigenvalue weighted by Crippen LogP contribution is 2.21. The fourth-order valence-corrected chi connectivity index (χ4v) is 2.03. The van der Waals surface area contributed by atoms with E-state index in [2.05, 4.69) is 5.32 Å². The number of halogens is 4. The summed E-state index contributed by atoms with van der Waals surface area (Å²) in [4.78, 5) is 11.0. The van der Waals surface area contributed by atoms with Gasteiger partial charge in [0.25, 0.3) is 5.91 Å². The number of anilines is 1. The minimum absolute atomic E-state index is 0.0399. The van der Waals surface area contributed by atoms with Crippen LogP contribution in [-0.2, 0) is 6.54 Å². The molecule has 2 aromatic carbocycles. The third-order valence-corrected chi connectivity index (χ3v) is 2.95. The minimum Gasteiger partial charge on any atom is -0.379 e. The lowest BCUT2D eigenvalue weighted by molar-refractivity contribution is 0.0996. The summed E-state index contributed by atoms with van der Waals surface area (Å²) in [7, 11) is 0. The van der Waals surface area contributed by atoms with E-state index >= 15 is 0 Å². The van der Waals surface area contributed by atoms with Crippen molar-refractivity contribution in [3.63, 3.8) is 0 Å². The molecule has 0 unspecified atom stereocenters. The van der Waals surface area contributed by atoms with Crippen molar-refractivity contribution in [2.45, 2.75) is 6.54 Å². The fourth-order valence-electron chi connectivity index (χ4n) is 1.78. The molecule has 2 aromatic rings. The topological polar surface area (TPSA) is 55.1 Å². The van der Waals surface area contributed by atoms with Crippen LogP contribution in [0.25, 0.3) is 0 Å². The molecule has 0 heterocycles. The number of benzene rings is 2. The van der Waals surface area contributed by atoms with Gasteiger partial charge in [0.2, 0.25) is 0 Å². The van der Waals surface area contributed by atoms with Crippen LogP contribution < -0.4 is 11.1 Å². The van der Waals surface area contributed by atoms with Gasteiger partial charge in [0, 0.05) is 17.6 Å². The molecule has 7 heteroatoms. The molecule has 0 aliphatic carbocycles. The zero-order valence-corrected chi connectivity index (χ0v) is 11.3. The zero-order valence-electron chi connectivity index (χ0n) is 10.6. The average Bonchev–Trinajstić information content (AvgIpc) is 2.36. The third-order valence-electron chi connectivity index (χ3n) is 2.73. The Bertz CT molecular complexity index is 687. The second-order valence-electron chi connectivity index (χ2n) is 4.31. The lowest BCUT2D eigenvalue weighted by atomic mass is 10.1. The quantitative estimate of drug-likeness (QED) is 0.908. The van der Waals surface area contributed by atoms with Crippen molar-refractivity contribution in [2.75, 3.05) is 5.32 Å². The summed E-state index contributed by atoms with van der Waals surface area (Å²) in [5, 5.41) is 2.83. The molecule has 0 aromatic heterocycles. The highest BCUT2D eigenvalue weighted by atomic mass is 35.5. The minimum atomic E-state index is -1.04. The molecular formula is C14H10ClF3N2O. The first kappa shape index (κ1) is 15.2. The summed E-state index contributed by atoms with van der Waals surface area (Å²) in [5.41, 5.74) is 4.89. The van der Waals surface area contributed by atoms with Gasteiger partial charge in [-0.2, -0.15) is 0 Å².